The predicted molar refractivity (Wildman–Crippen MR) is 72.3 cm³/mol. The number of nitrogens with two attached hydrogens (primary N) is 1. The highest BCUT2D eigenvalue weighted by Crippen LogP contribution is 2.22. The van der Waals surface area contributed by atoms with E-state index in [-0.39, 0.29) is 6.04 Å². The van der Waals surface area contributed by atoms with Crippen LogP contribution in [0.2, 0.25) is 5.02 Å². The molecule has 0 bridgehead atoms. The third kappa shape index (κ3) is 3.96. The normalized spacial score (nSPS) is 14.9. The highest BCUT2D eigenvalue weighted by molar-refractivity contribution is 6.30. The van der Waals surface area contributed by atoms with Gasteiger partial charge in [-0.05, 0) is 31.7 Å². The molecule has 2 atom stereocenters. The number of methoxy groups -OCH3 is 1. The Labute approximate surface area is 109 Å². The van der Waals surface area contributed by atoms with E-state index in [0.29, 0.717) is 19.2 Å². The Kier molecular flexibility index (Phi) is 5.92. The fraction of sp³-hybridized carbons (Fsp3) is 0.538. The van der Waals surface area contributed by atoms with Crippen molar-refractivity contribution in [3.63, 3.8) is 0 Å². The van der Waals surface area contributed by atoms with Gasteiger partial charge < -0.3 is 10.5 Å². The maximum Gasteiger partial charge on any atom is 0.0615 e. The van der Waals surface area contributed by atoms with Crippen LogP contribution in [-0.2, 0) is 4.74 Å². The van der Waals surface area contributed by atoms with Gasteiger partial charge in [-0.15, -0.1) is 0 Å². The van der Waals surface area contributed by atoms with Gasteiger partial charge in [-0.2, -0.15) is 0 Å². The smallest absolute Gasteiger partial charge is 0.0615 e. The molecule has 0 fully saturated rings. The van der Waals surface area contributed by atoms with Crippen molar-refractivity contribution in [1.29, 1.82) is 0 Å². The molecule has 1 rings (SSSR count). The second-order valence-electron chi connectivity index (χ2n) is 4.27. The number of hydrogen-bond donors (Lipinski definition) is 1. The molecule has 0 amide bonds. The van der Waals surface area contributed by atoms with Gasteiger partial charge in [0.1, 0.15) is 0 Å². The summed E-state index contributed by atoms with van der Waals surface area (Å²) in [5, 5.41) is 0.747. The molecule has 17 heavy (non-hydrogen) atoms. The van der Waals surface area contributed by atoms with Gasteiger partial charge in [-0.3, -0.25) is 4.90 Å². The van der Waals surface area contributed by atoms with Crippen LogP contribution in [0.3, 0.4) is 0 Å². The van der Waals surface area contributed by atoms with Gasteiger partial charge in [-0.1, -0.05) is 23.7 Å². The van der Waals surface area contributed by atoms with E-state index in [4.69, 9.17) is 22.1 Å². The van der Waals surface area contributed by atoms with Crippen molar-refractivity contribution in [2.45, 2.75) is 19.0 Å². The molecule has 96 valence electrons. The molecule has 2 N–H and O–H groups in total. The quantitative estimate of drug-likeness (QED) is 0.849. The van der Waals surface area contributed by atoms with Crippen molar-refractivity contribution in [3.8, 4) is 0 Å². The van der Waals surface area contributed by atoms with E-state index >= 15 is 0 Å². The molecule has 2 unspecified atom stereocenters. The zero-order valence-electron chi connectivity index (χ0n) is 10.7. The van der Waals surface area contributed by atoms with Crippen LogP contribution >= 0.6 is 11.6 Å². The maximum absolute atomic E-state index is 5.89. The van der Waals surface area contributed by atoms with E-state index in [1.165, 1.54) is 5.56 Å². The molecular weight excluding hydrogens is 236 g/mol. The summed E-state index contributed by atoms with van der Waals surface area (Å²) in [6, 6.07) is 8.36. The van der Waals surface area contributed by atoms with Gasteiger partial charge in [-0.25, -0.2) is 0 Å². The molecule has 0 aliphatic rings. The molecule has 3 nitrogen and oxygen atoms in total. The molecule has 0 aliphatic heterocycles. The molecule has 0 saturated heterocycles. The lowest BCUT2D eigenvalue weighted by Crippen LogP contribution is -2.39. The van der Waals surface area contributed by atoms with Crippen molar-refractivity contribution in [3.05, 3.63) is 34.9 Å². The maximum atomic E-state index is 5.89. The summed E-state index contributed by atoms with van der Waals surface area (Å²) in [5.41, 5.74) is 7.04. The minimum atomic E-state index is 0.192. The average Bonchev–Trinajstić information content (AvgIpc) is 2.32. The number of likely N-dealkylation sites (N-methyl/N-ethyl adjacent to an activating group) is 1. The monoisotopic (exact) mass is 256 g/mol. The number of halogens is 1. The van der Waals surface area contributed by atoms with E-state index in [1.807, 2.05) is 24.3 Å². The lowest BCUT2D eigenvalue weighted by molar-refractivity contribution is 0.0910. The first-order valence-electron chi connectivity index (χ1n) is 5.76. The summed E-state index contributed by atoms with van der Waals surface area (Å²) in [4.78, 5) is 2.23. The van der Waals surface area contributed by atoms with Crippen LogP contribution in [0.25, 0.3) is 0 Å². The van der Waals surface area contributed by atoms with Crippen LogP contribution in [0.5, 0.6) is 0 Å². The number of rotatable bonds is 6. The zero-order chi connectivity index (χ0) is 12.8. The fourth-order valence-corrected chi connectivity index (χ4v) is 2.01. The molecule has 1 aromatic carbocycles. The lowest BCUT2D eigenvalue weighted by atomic mass is 10.0. The highest BCUT2D eigenvalue weighted by atomic mass is 35.5. The van der Waals surface area contributed by atoms with Gasteiger partial charge in [0.05, 0.1) is 6.61 Å². The summed E-state index contributed by atoms with van der Waals surface area (Å²) >= 11 is 5.89. The Balaban J connectivity index is 2.79. The fourth-order valence-electron chi connectivity index (χ4n) is 1.89. The van der Waals surface area contributed by atoms with Crippen molar-refractivity contribution >= 4 is 11.6 Å². The third-order valence-corrected chi connectivity index (χ3v) is 3.32. The highest BCUT2D eigenvalue weighted by Gasteiger charge is 2.19. The Hall–Kier alpha value is -0.610. The van der Waals surface area contributed by atoms with Crippen molar-refractivity contribution in [2.75, 3.05) is 27.3 Å². The van der Waals surface area contributed by atoms with Crippen molar-refractivity contribution in [2.24, 2.45) is 5.73 Å². The van der Waals surface area contributed by atoms with Crippen LogP contribution in [0, 0.1) is 0 Å². The summed E-state index contributed by atoms with van der Waals surface area (Å²) in [6.45, 7) is 3.40. The molecular formula is C13H21ClN2O. The predicted octanol–water partition coefficient (Wildman–Crippen LogP) is 2.31. The van der Waals surface area contributed by atoms with Crippen LogP contribution in [0.4, 0.5) is 0 Å². The number of nitrogens with zero attached hydrogens (tertiary/aromatic N) is 1. The summed E-state index contributed by atoms with van der Waals surface area (Å²) in [6.07, 6.45) is 0. The van der Waals surface area contributed by atoms with Crippen molar-refractivity contribution < 1.29 is 4.74 Å². The van der Waals surface area contributed by atoms with Gasteiger partial charge >= 0.3 is 0 Å². The first kappa shape index (κ1) is 14.5. The minimum absolute atomic E-state index is 0.192. The first-order chi connectivity index (χ1) is 8.10. The van der Waals surface area contributed by atoms with Crippen molar-refractivity contribution in [1.82, 2.24) is 4.90 Å². The molecule has 1 aromatic rings. The van der Waals surface area contributed by atoms with Gasteiger partial charge in [0, 0.05) is 30.8 Å². The number of hydrogen-bond acceptors (Lipinski definition) is 3. The molecule has 0 spiro atoms. The second-order valence-corrected chi connectivity index (χ2v) is 4.71. The van der Waals surface area contributed by atoms with Crippen LogP contribution < -0.4 is 5.73 Å². The van der Waals surface area contributed by atoms with E-state index in [9.17, 15) is 0 Å². The number of ether oxygens (including phenoxy) is 1. The van der Waals surface area contributed by atoms with Crippen LogP contribution in [0.15, 0.2) is 24.3 Å². The van der Waals surface area contributed by atoms with Gasteiger partial charge in [0.25, 0.3) is 0 Å². The van der Waals surface area contributed by atoms with E-state index in [1.54, 1.807) is 7.11 Å². The summed E-state index contributed by atoms with van der Waals surface area (Å²) in [7, 11) is 3.78. The lowest BCUT2D eigenvalue weighted by Gasteiger charge is -2.32. The molecule has 0 saturated carbocycles. The van der Waals surface area contributed by atoms with Gasteiger partial charge in [0.15, 0.2) is 0 Å². The molecule has 0 radical (unpaired) electrons. The van der Waals surface area contributed by atoms with Crippen LogP contribution in [-0.4, -0.2) is 38.3 Å². The van der Waals surface area contributed by atoms with E-state index in [2.05, 4.69) is 18.9 Å². The molecule has 0 heterocycles. The van der Waals surface area contributed by atoms with Crippen LogP contribution in [0.1, 0.15) is 18.5 Å². The Bertz CT molecular complexity index is 329. The number of benzene rings is 1. The second kappa shape index (κ2) is 6.97. The van der Waals surface area contributed by atoms with E-state index in [0.717, 1.165) is 5.02 Å². The average molecular weight is 257 g/mol. The topological polar surface area (TPSA) is 38.5 Å². The largest absolute Gasteiger partial charge is 0.383 e. The zero-order valence-corrected chi connectivity index (χ0v) is 11.4. The Morgan fingerprint density at radius 2 is 1.94 bits per heavy atom. The molecule has 0 aliphatic carbocycles. The first-order valence-corrected chi connectivity index (χ1v) is 6.14. The van der Waals surface area contributed by atoms with E-state index < -0.39 is 0 Å². The van der Waals surface area contributed by atoms with Gasteiger partial charge in [0.2, 0.25) is 0 Å². The third-order valence-electron chi connectivity index (χ3n) is 3.07. The summed E-state index contributed by atoms with van der Waals surface area (Å²) < 4.78 is 5.17. The Morgan fingerprint density at radius 1 is 1.35 bits per heavy atom. The Morgan fingerprint density at radius 3 is 2.41 bits per heavy atom. The SMILES string of the molecule is COCC(C)N(C)C(CN)c1ccc(Cl)cc1. The molecule has 0 aromatic heterocycles. The minimum Gasteiger partial charge on any atom is -0.383 e. The standard InChI is InChI=1S/C13H21ClN2O/c1-10(9-17-3)16(2)13(8-15)11-4-6-12(14)7-5-11/h4-7,10,13H,8-9,15H2,1-3H3. The summed E-state index contributed by atoms with van der Waals surface area (Å²) in [5.74, 6) is 0. The molecule has 4 heteroatoms.